The van der Waals surface area contributed by atoms with Gasteiger partial charge in [-0.25, -0.2) is 0 Å². The van der Waals surface area contributed by atoms with E-state index in [0.717, 1.165) is 16.9 Å². The minimum atomic E-state index is 0.763. The number of rotatable bonds is 6. The molecule has 0 amide bonds. The maximum absolute atomic E-state index is 4.32. The van der Waals surface area contributed by atoms with E-state index in [1.807, 2.05) is 10.9 Å². The fraction of sp³-hybridized carbons (Fsp3) is 0.438. The van der Waals surface area contributed by atoms with Gasteiger partial charge in [-0.3, -0.25) is 4.68 Å². The number of hydrogen-bond donors (Lipinski definition) is 0. The zero-order valence-electron chi connectivity index (χ0n) is 11.6. The van der Waals surface area contributed by atoms with Gasteiger partial charge in [-0.1, -0.05) is 30.3 Å². The number of benzene rings is 1. The van der Waals surface area contributed by atoms with Gasteiger partial charge in [0.15, 0.2) is 0 Å². The lowest BCUT2D eigenvalue weighted by molar-refractivity contribution is 0.0843. The highest BCUT2D eigenvalue weighted by Gasteiger charge is 2.26. The molecule has 2 heterocycles. The predicted octanol–water partition coefficient (Wildman–Crippen LogP) is 3.21. The highest BCUT2D eigenvalue weighted by atomic mass is 79.9. The van der Waals surface area contributed by atoms with Crippen LogP contribution in [0.1, 0.15) is 12.0 Å². The summed E-state index contributed by atoms with van der Waals surface area (Å²) in [5, 5.41) is 4.32. The molecule has 1 aliphatic heterocycles. The summed E-state index contributed by atoms with van der Waals surface area (Å²) in [5.74, 6) is 0.763. The Kier molecular flexibility index (Phi) is 4.53. The summed E-state index contributed by atoms with van der Waals surface area (Å²) in [7, 11) is 0. The average molecular weight is 334 g/mol. The predicted molar refractivity (Wildman–Crippen MR) is 84.6 cm³/mol. The molecule has 3 nitrogen and oxygen atoms in total. The molecule has 1 saturated heterocycles. The second kappa shape index (κ2) is 6.55. The van der Waals surface area contributed by atoms with Gasteiger partial charge in [-0.15, -0.1) is 0 Å². The minimum absolute atomic E-state index is 0.763. The van der Waals surface area contributed by atoms with Crippen molar-refractivity contribution in [1.82, 2.24) is 14.7 Å². The molecule has 0 N–H and O–H groups in total. The largest absolute Gasteiger partial charge is 0.303 e. The van der Waals surface area contributed by atoms with Crippen LogP contribution in [0.25, 0.3) is 0 Å². The van der Waals surface area contributed by atoms with Crippen LogP contribution in [0.5, 0.6) is 0 Å². The van der Waals surface area contributed by atoms with E-state index in [2.05, 4.69) is 62.5 Å². The molecule has 3 rings (SSSR count). The van der Waals surface area contributed by atoms with Crippen molar-refractivity contribution in [3.8, 4) is 0 Å². The van der Waals surface area contributed by atoms with Gasteiger partial charge >= 0.3 is 0 Å². The molecule has 1 aromatic carbocycles. The van der Waals surface area contributed by atoms with Gasteiger partial charge in [0, 0.05) is 31.7 Å². The molecule has 0 unspecified atom stereocenters. The topological polar surface area (TPSA) is 21.1 Å². The molecule has 106 valence electrons. The van der Waals surface area contributed by atoms with Crippen LogP contribution in [0.3, 0.4) is 0 Å². The Hall–Kier alpha value is -1.13. The molecule has 0 atom stereocenters. The van der Waals surface area contributed by atoms with Crippen LogP contribution in [0.15, 0.2) is 47.2 Å². The number of hydrogen-bond acceptors (Lipinski definition) is 2. The Morgan fingerprint density at radius 1 is 1.20 bits per heavy atom. The Labute approximate surface area is 128 Å². The molecule has 0 radical (unpaired) electrons. The number of aromatic nitrogens is 2. The van der Waals surface area contributed by atoms with Crippen LogP contribution in [0.2, 0.25) is 0 Å². The van der Waals surface area contributed by atoms with E-state index in [0.29, 0.717) is 0 Å². The van der Waals surface area contributed by atoms with E-state index in [-0.39, 0.29) is 0 Å². The van der Waals surface area contributed by atoms with Crippen molar-refractivity contribution in [2.75, 3.05) is 19.6 Å². The number of nitrogens with zero attached hydrogens (tertiary/aromatic N) is 3. The van der Waals surface area contributed by atoms with Gasteiger partial charge in [0.05, 0.1) is 10.7 Å². The summed E-state index contributed by atoms with van der Waals surface area (Å²) in [6.45, 7) is 4.69. The minimum Gasteiger partial charge on any atom is -0.303 e. The monoisotopic (exact) mass is 333 g/mol. The summed E-state index contributed by atoms with van der Waals surface area (Å²) in [6, 6.07) is 10.8. The van der Waals surface area contributed by atoms with Gasteiger partial charge < -0.3 is 4.90 Å². The van der Waals surface area contributed by atoms with Crippen molar-refractivity contribution in [1.29, 1.82) is 0 Å². The van der Waals surface area contributed by atoms with Crippen LogP contribution >= 0.6 is 15.9 Å². The summed E-state index contributed by atoms with van der Waals surface area (Å²) >= 11 is 3.44. The zero-order valence-corrected chi connectivity index (χ0v) is 13.2. The average Bonchev–Trinajstić information content (AvgIpc) is 2.82. The first-order valence-corrected chi connectivity index (χ1v) is 8.03. The van der Waals surface area contributed by atoms with Crippen LogP contribution in [-0.4, -0.2) is 34.3 Å². The number of likely N-dealkylation sites (tertiary alicyclic amines) is 1. The molecule has 0 saturated carbocycles. The molecule has 1 fully saturated rings. The number of halogens is 1. The van der Waals surface area contributed by atoms with E-state index in [1.54, 1.807) is 0 Å². The van der Waals surface area contributed by atoms with Gasteiger partial charge in [-0.05, 0) is 40.9 Å². The molecule has 0 spiro atoms. The number of aryl methyl sites for hydroxylation is 1. The fourth-order valence-corrected chi connectivity index (χ4v) is 3.16. The van der Waals surface area contributed by atoms with Crippen molar-refractivity contribution >= 4 is 15.9 Å². The molecule has 1 aliphatic rings. The first kappa shape index (κ1) is 13.8. The van der Waals surface area contributed by atoms with Crippen LogP contribution in [0.4, 0.5) is 0 Å². The Balaban J connectivity index is 1.32. The second-order valence-electron chi connectivity index (χ2n) is 5.60. The third-order valence-electron chi connectivity index (χ3n) is 3.86. The van der Waals surface area contributed by atoms with Crippen molar-refractivity contribution in [3.05, 3.63) is 52.8 Å². The van der Waals surface area contributed by atoms with Gasteiger partial charge in [0.2, 0.25) is 0 Å². The van der Waals surface area contributed by atoms with E-state index in [9.17, 15) is 0 Å². The summed E-state index contributed by atoms with van der Waals surface area (Å²) < 4.78 is 3.10. The summed E-state index contributed by atoms with van der Waals surface area (Å²) in [4.78, 5) is 2.55. The van der Waals surface area contributed by atoms with Crippen molar-refractivity contribution < 1.29 is 0 Å². The zero-order chi connectivity index (χ0) is 13.8. The van der Waals surface area contributed by atoms with E-state index in [1.165, 1.54) is 38.0 Å². The van der Waals surface area contributed by atoms with Crippen LogP contribution in [0, 0.1) is 5.92 Å². The lowest BCUT2D eigenvalue weighted by Crippen LogP contribution is -2.48. The lowest BCUT2D eigenvalue weighted by Gasteiger charge is -2.39. The molecule has 0 aliphatic carbocycles. The van der Waals surface area contributed by atoms with E-state index >= 15 is 0 Å². The molecular weight excluding hydrogens is 314 g/mol. The third kappa shape index (κ3) is 3.70. The Morgan fingerprint density at radius 2 is 2.00 bits per heavy atom. The lowest BCUT2D eigenvalue weighted by atomic mass is 9.99. The molecule has 20 heavy (non-hydrogen) atoms. The quantitative estimate of drug-likeness (QED) is 0.809. The van der Waals surface area contributed by atoms with Crippen LogP contribution in [-0.2, 0) is 13.0 Å². The van der Waals surface area contributed by atoms with Crippen molar-refractivity contribution in [3.63, 3.8) is 0 Å². The van der Waals surface area contributed by atoms with Gasteiger partial charge in [-0.2, -0.15) is 5.10 Å². The van der Waals surface area contributed by atoms with Gasteiger partial charge in [0.1, 0.15) is 0 Å². The SMILES string of the molecule is Brc1cnn(CC2CN(CCCc3ccccc3)C2)c1. The molecule has 2 aromatic rings. The van der Waals surface area contributed by atoms with Gasteiger partial charge in [0.25, 0.3) is 0 Å². The summed E-state index contributed by atoms with van der Waals surface area (Å²) in [5.41, 5.74) is 1.45. The fourth-order valence-electron chi connectivity index (χ4n) is 2.83. The highest BCUT2D eigenvalue weighted by molar-refractivity contribution is 9.10. The first-order valence-electron chi connectivity index (χ1n) is 7.24. The van der Waals surface area contributed by atoms with Crippen LogP contribution < -0.4 is 0 Å². The Bertz CT molecular complexity index is 532. The third-order valence-corrected chi connectivity index (χ3v) is 4.27. The van der Waals surface area contributed by atoms with Crippen molar-refractivity contribution in [2.45, 2.75) is 19.4 Å². The standard InChI is InChI=1S/C16H20BrN3/c17-16-9-18-20(13-16)12-15-10-19(11-15)8-4-7-14-5-2-1-3-6-14/h1-3,5-6,9,13,15H,4,7-8,10-12H2. The molecular formula is C16H20BrN3. The Morgan fingerprint density at radius 3 is 2.70 bits per heavy atom. The molecule has 1 aromatic heterocycles. The van der Waals surface area contributed by atoms with Crippen molar-refractivity contribution in [2.24, 2.45) is 5.92 Å². The van der Waals surface area contributed by atoms with E-state index in [4.69, 9.17) is 0 Å². The highest BCUT2D eigenvalue weighted by Crippen LogP contribution is 2.19. The smallest absolute Gasteiger partial charge is 0.0632 e. The normalized spacial score (nSPS) is 16.2. The molecule has 4 heteroatoms. The maximum Gasteiger partial charge on any atom is 0.0632 e. The first-order chi connectivity index (χ1) is 9.79. The molecule has 0 bridgehead atoms. The second-order valence-corrected chi connectivity index (χ2v) is 6.51. The van der Waals surface area contributed by atoms with E-state index < -0.39 is 0 Å². The maximum atomic E-state index is 4.32. The summed E-state index contributed by atoms with van der Waals surface area (Å²) in [6.07, 6.45) is 6.35.